The predicted molar refractivity (Wildman–Crippen MR) is 58.3 cm³/mol. The van der Waals surface area contributed by atoms with E-state index in [-0.39, 0.29) is 0 Å². The molecule has 0 radical (unpaired) electrons. The van der Waals surface area contributed by atoms with E-state index in [0.717, 1.165) is 11.8 Å². The second-order valence-corrected chi connectivity index (χ2v) is 3.33. The van der Waals surface area contributed by atoms with Gasteiger partial charge in [0.2, 0.25) is 0 Å². The average Bonchev–Trinajstić information content (AvgIpc) is 2.51. The van der Waals surface area contributed by atoms with Gasteiger partial charge in [-0.1, -0.05) is 0 Å². The van der Waals surface area contributed by atoms with Crippen molar-refractivity contribution in [3.8, 4) is 0 Å². The molecule has 0 aliphatic carbocycles. The molecule has 1 aromatic heterocycles. The van der Waals surface area contributed by atoms with Crippen LogP contribution in [-0.2, 0) is 9.53 Å². The largest absolute Gasteiger partial charge is 0.478 e. The molecule has 0 aromatic carbocycles. The van der Waals surface area contributed by atoms with E-state index in [1.54, 1.807) is 13.8 Å². The van der Waals surface area contributed by atoms with Gasteiger partial charge in [0.1, 0.15) is 5.69 Å². The number of rotatable bonds is 3. The van der Waals surface area contributed by atoms with Gasteiger partial charge in [0, 0.05) is 11.8 Å². The molecule has 0 fully saturated rings. The Hall–Kier alpha value is -2.04. The maximum absolute atomic E-state index is 11.3. The number of carbonyl (C=O) groups excluding carboxylic acids is 1. The highest BCUT2D eigenvalue weighted by molar-refractivity contribution is 5.92. The minimum atomic E-state index is -1.03. The number of carboxylic acids is 1. The second-order valence-electron chi connectivity index (χ2n) is 3.33. The van der Waals surface area contributed by atoms with Crippen LogP contribution in [0.15, 0.2) is 6.08 Å². The highest BCUT2D eigenvalue weighted by Gasteiger charge is 2.16. The van der Waals surface area contributed by atoms with Gasteiger partial charge in [0.15, 0.2) is 0 Å². The summed E-state index contributed by atoms with van der Waals surface area (Å²) in [6.07, 6.45) is 2.49. The Labute approximate surface area is 92.7 Å². The summed E-state index contributed by atoms with van der Waals surface area (Å²) in [6, 6.07) is 0. The summed E-state index contributed by atoms with van der Waals surface area (Å²) < 4.78 is 4.60. The van der Waals surface area contributed by atoms with E-state index in [0.29, 0.717) is 16.8 Å². The molecule has 0 atom stereocenters. The van der Waals surface area contributed by atoms with Gasteiger partial charge in [0.05, 0.1) is 7.11 Å². The number of carbonyl (C=O) groups is 2. The Bertz CT molecular complexity index is 457. The summed E-state index contributed by atoms with van der Waals surface area (Å²) in [7, 11) is 1.30. The molecular weight excluding hydrogens is 210 g/mol. The first-order valence-electron chi connectivity index (χ1n) is 4.65. The number of ether oxygens (including phenoxy) is 1. The van der Waals surface area contributed by atoms with Crippen molar-refractivity contribution in [1.82, 2.24) is 4.98 Å². The van der Waals surface area contributed by atoms with Gasteiger partial charge in [-0.2, -0.15) is 0 Å². The minimum absolute atomic E-state index is 0.352. The third-order valence-corrected chi connectivity index (χ3v) is 2.28. The molecule has 0 bridgehead atoms. The van der Waals surface area contributed by atoms with Crippen molar-refractivity contribution in [2.45, 2.75) is 13.8 Å². The van der Waals surface area contributed by atoms with E-state index >= 15 is 0 Å². The van der Waals surface area contributed by atoms with Crippen LogP contribution < -0.4 is 0 Å². The smallest absolute Gasteiger partial charge is 0.354 e. The Morgan fingerprint density at radius 3 is 2.50 bits per heavy atom. The molecule has 0 aliphatic heterocycles. The lowest BCUT2D eigenvalue weighted by atomic mass is 10.1. The molecule has 2 N–H and O–H groups in total. The second kappa shape index (κ2) is 4.65. The van der Waals surface area contributed by atoms with Crippen LogP contribution in [0.25, 0.3) is 6.08 Å². The minimum Gasteiger partial charge on any atom is -0.478 e. The van der Waals surface area contributed by atoms with Crippen molar-refractivity contribution in [1.29, 1.82) is 0 Å². The van der Waals surface area contributed by atoms with E-state index in [4.69, 9.17) is 5.11 Å². The number of hydrogen-bond acceptors (Lipinski definition) is 3. The van der Waals surface area contributed by atoms with Crippen LogP contribution in [0.4, 0.5) is 0 Å². The first-order valence-corrected chi connectivity index (χ1v) is 4.65. The molecule has 0 saturated carbocycles. The zero-order chi connectivity index (χ0) is 12.3. The van der Waals surface area contributed by atoms with Gasteiger partial charge in [-0.25, -0.2) is 9.59 Å². The van der Waals surface area contributed by atoms with Crippen molar-refractivity contribution in [3.05, 3.63) is 28.6 Å². The highest BCUT2D eigenvalue weighted by atomic mass is 16.5. The predicted octanol–water partition coefficient (Wildman–Crippen LogP) is 1.52. The number of aryl methyl sites for hydroxylation is 1. The Balaban J connectivity index is 3.17. The monoisotopic (exact) mass is 223 g/mol. The van der Waals surface area contributed by atoms with Crippen molar-refractivity contribution < 1.29 is 19.4 Å². The number of hydrogen-bond donors (Lipinski definition) is 2. The van der Waals surface area contributed by atoms with E-state index < -0.39 is 11.9 Å². The maximum Gasteiger partial charge on any atom is 0.354 e. The van der Waals surface area contributed by atoms with Gasteiger partial charge in [-0.05, 0) is 31.1 Å². The summed E-state index contributed by atoms with van der Waals surface area (Å²) in [4.78, 5) is 24.6. The lowest BCUT2D eigenvalue weighted by molar-refractivity contribution is -0.131. The molecule has 1 heterocycles. The maximum atomic E-state index is 11.3. The zero-order valence-electron chi connectivity index (χ0n) is 9.33. The molecule has 5 nitrogen and oxygen atoms in total. The Morgan fingerprint density at radius 2 is 2.00 bits per heavy atom. The lowest BCUT2D eigenvalue weighted by Crippen LogP contribution is -2.03. The number of aromatic amines is 1. The third kappa shape index (κ3) is 2.31. The Kier molecular flexibility index (Phi) is 3.50. The van der Waals surface area contributed by atoms with Crippen molar-refractivity contribution >= 4 is 18.0 Å². The number of nitrogens with one attached hydrogen (secondary N) is 1. The standard InChI is InChI=1S/C11H13NO4/c1-6-8(4-5-9(13)14)7(2)12-10(6)11(15)16-3/h4-5,12H,1-3H3,(H,13,14)/b5-4+. The van der Waals surface area contributed by atoms with E-state index in [1.807, 2.05) is 0 Å². The van der Waals surface area contributed by atoms with Gasteiger partial charge in [0.25, 0.3) is 0 Å². The molecule has 5 heteroatoms. The van der Waals surface area contributed by atoms with Crippen molar-refractivity contribution in [2.24, 2.45) is 0 Å². The van der Waals surface area contributed by atoms with Gasteiger partial charge in [-0.3, -0.25) is 0 Å². The SMILES string of the molecule is COC(=O)c1[nH]c(C)c(/C=C/C(=O)O)c1C. The fourth-order valence-corrected chi connectivity index (χ4v) is 1.48. The Morgan fingerprint density at radius 1 is 1.38 bits per heavy atom. The molecule has 86 valence electrons. The third-order valence-electron chi connectivity index (χ3n) is 2.28. The summed E-state index contributed by atoms with van der Waals surface area (Å²) in [5, 5.41) is 8.53. The molecule has 0 spiro atoms. The van der Waals surface area contributed by atoms with Crippen LogP contribution in [0.1, 0.15) is 27.3 Å². The van der Waals surface area contributed by atoms with E-state index in [9.17, 15) is 9.59 Å². The van der Waals surface area contributed by atoms with Crippen LogP contribution in [0.2, 0.25) is 0 Å². The van der Waals surface area contributed by atoms with Gasteiger partial charge < -0.3 is 14.8 Å². The van der Waals surface area contributed by atoms with Gasteiger partial charge >= 0.3 is 11.9 Å². The van der Waals surface area contributed by atoms with Crippen LogP contribution in [-0.4, -0.2) is 29.1 Å². The molecule has 1 aromatic rings. The number of carboxylic acid groups (broad SMARTS) is 1. The highest BCUT2D eigenvalue weighted by Crippen LogP contribution is 2.19. The first kappa shape index (κ1) is 12.0. The molecule has 0 unspecified atom stereocenters. The van der Waals surface area contributed by atoms with Crippen LogP contribution in [0.3, 0.4) is 0 Å². The number of H-pyrrole nitrogens is 1. The fraction of sp³-hybridized carbons (Fsp3) is 0.273. The number of esters is 1. The molecule has 0 aliphatic rings. The van der Waals surface area contributed by atoms with Crippen molar-refractivity contribution in [3.63, 3.8) is 0 Å². The summed E-state index contributed by atoms with van der Waals surface area (Å²) in [6.45, 7) is 3.50. The number of aliphatic carboxylic acids is 1. The zero-order valence-corrected chi connectivity index (χ0v) is 9.33. The van der Waals surface area contributed by atoms with Crippen LogP contribution in [0, 0.1) is 13.8 Å². The van der Waals surface area contributed by atoms with Crippen LogP contribution >= 0.6 is 0 Å². The quantitative estimate of drug-likeness (QED) is 0.601. The summed E-state index contributed by atoms with van der Waals surface area (Å²) >= 11 is 0. The topological polar surface area (TPSA) is 79.4 Å². The molecule has 1 rings (SSSR count). The molecular formula is C11H13NO4. The molecule has 16 heavy (non-hydrogen) atoms. The molecule has 0 amide bonds. The normalized spacial score (nSPS) is 10.7. The summed E-state index contributed by atoms with van der Waals surface area (Å²) in [5.74, 6) is -1.49. The average molecular weight is 223 g/mol. The summed E-state index contributed by atoms with van der Waals surface area (Å²) in [5.41, 5.74) is 2.46. The number of methoxy groups -OCH3 is 1. The van der Waals surface area contributed by atoms with E-state index in [1.165, 1.54) is 13.2 Å². The van der Waals surface area contributed by atoms with Crippen molar-refractivity contribution in [2.75, 3.05) is 7.11 Å². The number of aromatic nitrogens is 1. The van der Waals surface area contributed by atoms with Gasteiger partial charge in [-0.15, -0.1) is 0 Å². The van der Waals surface area contributed by atoms with Crippen LogP contribution in [0.5, 0.6) is 0 Å². The van der Waals surface area contributed by atoms with E-state index in [2.05, 4.69) is 9.72 Å². The fourth-order valence-electron chi connectivity index (χ4n) is 1.48. The molecule has 0 saturated heterocycles. The lowest BCUT2D eigenvalue weighted by Gasteiger charge is -1.97. The first-order chi connectivity index (χ1) is 7.47.